The van der Waals surface area contributed by atoms with Crippen LogP contribution in [0.5, 0.6) is 5.88 Å². The fraction of sp³-hybridized carbons (Fsp3) is 0.286. The normalized spacial score (nSPS) is 10.2. The van der Waals surface area contributed by atoms with E-state index in [9.17, 15) is 14.4 Å². The average molecular weight is 319 g/mol. The van der Waals surface area contributed by atoms with E-state index in [1.807, 2.05) is 0 Å². The molecule has 23 heavy (non-hydrogen) atoms. The molecule has 0 aliphatic carbocycles. The quantitative estimate of drug-likeness (QED) is 0.812. The number of hydrogen-bond donors (Lipinski definition) is 2. The van der Waals surface area contributed by atoms with E-state index in [0.717, 1.165) is 4.57 Å². The lowest BCUT2D eigenvalue weighted by Gasteiger charge is -2.12. The molecule has 122 valence electrons. The van der Waals surface area contributed by atoms with Crippen molar-refractivity contribution >= 4 is 11.7 Å². The lowest BCUT2D eigenvalue weighted by atomic mass is 10.3. The Morgan fingerprint density at radius 3 is 2.74 bits per heavy atom. The SMILES string of the molecule is COc1ncccc1NC(=O)NCc1cc(=O)n(C)c(=O)n1C. The highest BCUT2D eigenvalue weighted by Crippen LogP contribution is 2.19. The van der Waals surface area contributed by atoms with Crippen LogP contribution in [0.3, 0.4) is 0 Å². The van der Waals surface area contributed by atoms with Gasteiger partial charge in [0.1, 0.15) is 5.69 Å². The van der Waals surface area contributed by atoms with Crippen LogP contribution in [0.25, 0.3) is 0 Å². The maximum atomic E-state index is 11.9. The maximum Gasteiger partial charge on any atom is 0.330 e. The summed E-state index contributed by atoms with van der Waals surface area (Å²) in [6.45, 7) is 0.0240. The van der Waals surface area contributed by atoms with Crippen LogP contribution in [0.15, 0.2) is 34.0 Å². The third-order valence-corrected chi connectivity index (χ3v) is 3.27. The summed E-state index contributed by atoms with van der Waals surface area (Å²) in [5.41, 5.74) is -0.0837. The highest BCUT2D eigenvalue weighted by molar-refractivity contribution is 5.90. The summed E-state index contributed by atoms with van der Waals surface area (Å²) in [5.74, 6) is 0.281. The highest BCUT2D eigenvalue weighted by atomic mass is 16.5. The first-order chi connectivity index (χ1) is 10.9. The Bertz CT molecular complexity index is 840. The molecule has 0 unspecified atom stereocenters. The number of rotatable bonds is 4. The van der Waals surface area contributed by atoms with E-state index in [4.69, 9.17) is 4.74 Å². The first-order valence-corrected chi connectivity index (χ1v) is 6.74. The largest absolute Gasteiger partial charge is 0.480 e. The van der Waals surface area contributed by atoms with Gasteiger partial charge in [-0.25, -0.2) is 14.6 Å². The minimum absolute atomic E-state index is 0.0240. The zero-order valence-electron chi connectivity index (χ0n) is 13.0. The van der Waals surface area contributed by atoms with E-state index in [2.05, 4.69) is 15.6 Å². The van der Waals surface area contributed by atoms with Crippen molar-refractivity contribution in [3.8, 4) is 5.88 Å². The molecule has 0 aromatic carbocycles. The van der Waals surface area contributed by atoms with Crippen LogP contribution < -0.4 is 26.6 Å². The summed E-state index contributed by atoms with van der Waals surface area (Å²) >= 11 is 0. The van der Waals surface area contributed by atoms with Crippen LogP contribution in [-0.2, 0) is 20.6 Å². The number of ether oxygens (including phenoxy) is 1. The predicted molar refractivity (Wildman–Crippen MR) is 83.6 cm³/mol. The van der Waals surface area contributed by atoms with E-state index in [0.29, 0.717) is 11.4 Å². The van der Waals surface area contributed by atoms with Crippen LogP contribution in [-0.4, -0.2) is 27.3 Å². The fourth-order valence-electron chi connectivity index (χ4n) is 1.93. The molecule has 0 saturated heterocycles. The van der Waals surface area contributed by atoms with Gasteiger partial charge < -0.3 is 15.4 Å². The van der Waals surface area contributed by atoms with Crippen molar-refractivity contribution in [3.05, 3.63) is 50.9 Å². The number of nitrogens with zero attached hydrogens (tertiary/aromatic N) is 3. The lowest BCUT2D eigenvalue weighted by Crippen LogP contribution is -2.40. The molecular formula is C14H17N5O4. The molecule has 0 spiro atoms. The smallest absolute Gasteiger partial charge is 0.330 e. The minimum Gasteiger partial charge on any atom is -0.480 e. The van der Waals surface area contributed by atoms with Gasteiger partial charge in [0.25, 0.3) is 5.56 Å². The Kier molecular flexibility index (Phi) is 4.79. The van der Waals surface area contributed by atoms with E-state index in [1.54, 1.807) is 12.1 Å². The second-order valence-corrected chi connectivity index (χ2v) is 4.74. The molecule has 0 fully saturated rings. The van der Waals surface area contributed by atoms with Crippen molar-refractivity contribution in [2.45, 2.75) is 6.54 Å². The summed E-state index contributed by atoms with van der Waals surface area (Å²) in [6.07, 6.45) is 1.54. The lowest BCUT2D eigenvalue weighted by molar-refractivity contribution is 0.251. The molecule has 2 amide bonds. The van der Waals surface area contributed by atoms with E-state index < -0.39 is 17.3 Å². The molecule has 2 N–H and O–H groups in total. The van der Waals surface area contributed by atoms with Crippen LogP contribution in [0.2, 0.25) is 0 Å². The number of carbonyl (C=O) groups is 1. The second kappa shape index (κ2) is 6.77. The summed E-state index contributed by atoms with van der Waals surface area (Å²) in [6, 6.07) is 4.08. The van der Waals surface area contributed by atoms with Gasteiger partial charge in [-0.3, -0.25) is 13.9 Å². The molecule has 2 aromatic heterocycles. The molecule has 2 rings (SSSR count). The van der Waals surface area contributed by atoms with Crippen LogP contribution in [0, 0.1) is 0 Å². The van der Waals surface area contributed by atoms with Crippen molar-refractivity contribution in [2.24, 2.45) is 14.1 Å². The highest BCUT2D eigenvalue weighted by Gasteiger charge is 2.10. The van der Waals surface area contributed by atoms with E-state index in [-0.39, 0.29) is 12.4 Å². The van der Waals surface area contributed by atoms with Crippen molar-refractivity contribution in [1.82, 2.24) is 19.4 Å². The van der Waals surface area contributed by atoms with Crippen molar-refractivity contribution in [1.29, 1.82) is 0 Å². The van der Waals surface area contributed by atoms with Gasteiger partial charge in [0, 0.05) is 32.1 Å². The van der Waals surface area contributed by atoms with Crippen LogP contribution >= 0.6 is 0 Å². The zero-order valence-corrected chi connectivity index (χ0v) is 13.0. The van der Waals surface area contributed by atoms with Gasteiger partial charge in [-0.2, -0.15) is 0 Å². The standard InChI is InChI=1S/C14H17N5O4/c1-18-9(7-11(20)19(2)14(18)22)8-16-13(21)17-10-5-4-6-15-12(10)23-3/h4-7H,8H2,1-3H3,(H2,16,17,21). The number of carbonyl (C=O) groups excluding carboxylic acids is 1. The summed E-state index contributed by atoms with van der Waals surface area (Å²) in [7, 11) is 4.37. The zero-order chi connectivity index (χ0) is 17.0. The number of hydrogen-bond acceptors (Lipinski definition) is 5. The molecule has 9 nitrogen and oxygen atoms in total. The Balaban J connectivity index is 2.08. The third kappa shape index (κ3) is 3.57. The Morgan fingerprint density at radius 2 is 2.04 bits per heavy atom. The predicted octanol–water partition coefficient (Wildman–Crippen LogP) is -0.191. The maximum absolute atomic E-state index is 11.9. The number of aromatic nitrogens is 3. The van der Waals surface area contributed by atoms with Gasteiger partial charge in [0.05, 0.1) is 13.7 Å². The topological polar surface area (TPSA) is 107 Å². The Labute approximate surface area is 131 Å². The molecule has 0 atom stereocenters. The van der Waals surface area contributed by atoms with E-state index in [1.165, 1.54) is 38.0 Å². The van der Waals surface area contributed by atoms with Gasteiger partial charge in [0.15, 0.2) is 0 Å². The minimum atomic E-state index is -0.510. The molecule has 0 saturated carbocycles. The third-order valence-electron chi connectivity index (χ3n) is 3.27. The first-order valence-electron chi connectivity index (χ1n) is 6.74. The molecule has 9 heteroatoms. The summed E-state index contributed by atoms with van der Waals surface area (Å²) < 4.78 is 7.32. The second-order valence-electron chi connectivity index (χ2n) is 4.74. The van der Waals surface area contributed by atoms with Gasteiger partial charge in [0.2, 0.25) is 5.88 Å². The Morgan fingerprint density at radius 1 is 1.30 bits per heavy atom. The molecule has 2 heterocycles. The number of nitrogens with one attached hydrogen (secondary N) is 2. The number of amides is 2. The van der Waals surface area contributed by atoms with Crippen molar-refractivity contribution in [2.75, 3.05) is 12.4 Å². The average Bonchev–Trinajstić information content (AvgIpc) is 2.55. The van der Waals surface area contributed by atoms with Gasteiger partial charge in [-0.05, 0) is 12.1 Å². The number of methoxy groups -OCH3 is 1. The summed E-state index contributed by atoms with van der Waals surface area (Å²) in [5, 5.41) is 5.16. The monoisotopic (exact) mass is 319 g/mol. The molecule has 2 aromatic rings. The van der Waals surface area contributed by atoms with Crippen LogP contribution in [0.1, 0.15) is 5.69 Å². The molecule has 0 aliphatic rings. The summed E-state index contributed by atoms with van der Waals surface area (Å²) in [4.78, 5) is 39.3. The molecular weight excluding hydrogens is 302 g/mol. The van der Waals surface area contributed by atoms with Crippen LogP contribution in [0.4, 0.5) is 10.5 Å². The fourth-order valence-corrected chi connectivity index (χ4v) is 1.93. The van der Waals surface area contributed by atoms with Gasteiger partial charge >= 0.3 is 11.7 Å². The van der Waals surface area contributed by atoms with E-state index >= 15 is 0 Å². The van der Waals surface area contributed by atoms with Crippen molar-refractivity contribution in [3.63, 3.8) is 0 Å². The molecule has 0 aliphatic heterocycles. The van der Waals surface area contributed by atoms with Gasteiger partial charge in [-0.1, -0.05) is 0 Å². The molecule has 0 bridgehead atoms. The number of urea groups is 1. The number of anilines is 1. The van der Waals surface area contributed by atoms with Gasteiger partial charge in [-0.15, -0.1) is 0 Å². The van der Waals surface area contributed by atoms with Crippen molar-refractivity contribution < 1.29 is 9.53 Å². The Hall–Kier alpha value is -3.10. The molecule has 0 radical (unpaired) electrons. The number of pyridine rings is 1. The first kappa shape index (κ1) is 16.3.